The fourth-order valence-corrected chi connectivity index (χ4v) is 5.70. The third-order valence-corrected chi connectivity index (χ3v) is 8.16. The lowest BCUT2D eigenvalue weighted by Crippen LogP contribution is -2.46. The molecule has 0 saturated carbocycles. The largest absolute Gasteiger partial charge is 0.383 e. The van der Waals surface area contributed by atoms with Gasteiger partial charge in [0.1, 0.15) is 5.82 Å². The Kier molecular flexibility index (Phi) is 7.90. The van der Waals surface area contributed by atoms with Crippen LogP contribution in [0.1, 0.15) is 55.8 Å². The average molecular weight is 509 g/mol. The summed E-state index contributed by atoms with van der Waals surface area (Å²) >= 11 is 1.72. The van der Waals surface area contributed by atoms with E-state index in [0.717, 1.165) is 45.6 Å². The third kappa shape index (κ3) is 5.68. The minimum absolute atomic E-state index is 0.162. The third-order valence-electron chi connectivity index (χ3n) is 7.11. The molecule has 1 saturated heterocycles. The van der Waals surface area contributed by atoms with E-state index in [0.29, 0.717) is 36.4 Å². The number of likely N-dealkylation sites (N-methyl/N-ethyl adjacent to an activating group) is 1. The van der Waals surface area contributed by atoms with Crippen molar-refractivity contribution in [1.82, 2.24) is 19.8 Å². The number of hydrogen-bond donors (Lipinski definition) is 2. The summed E-state index contributed by atoms with van der Waals surface area (Å²) in [6, 6.07) is 8.28. The van der Waals surface area contributed by atoms with E-state index in [4.69, 9.17) is 10.7 Å². The van der Waals surface area contributed by atoms with Crippen LogP contribution in [-0.2, 0) is 22.4 Å². The number of anilines is 2. The van der Waals surface area contributed by atoms with Crippen LogP contribution < -0.4 is 11.1 Å². The summed E-state index contributed by atoms with van der Waals surface area (Å²) in [4.78, 5) is 39.3. The number of amides is 2. The van der Waals surface area contributed by atoms with E-state index in [1.54, 1.807) is 22.3 Å². The first kappa shape index (κ1) is 26.0. The number of nitrogen functional groups attached to an aromatic ring is 1. The van der Waals surface area contributed by atoms with Crippen LogP contribution >= 0.6 is 11.3 Å². The summed E-state index contributed by atoms with van der Waals surface area (Å²) in [6.07, 6.45) is 4.88. The fourth-order valence-electron chi connectivity index (χ4n) is 4.63. The lowest BCUT2D eigenvalue weighted by Gasteiger charge is -2.38. The van der Waals surface area contributed by atoms with Crippen molar-refractivity contribution in [3.8, 4) is 0 Å². The number of carbonyl (C=O) groups is 2. The van der Waals surface area contributed by atoms with E-state index in [2.05, 4.69) is 61.3 Å². The van der Waals surface area contributed by atoms with E-state index < -0.39 is 11.8 Å². The Morgan fingerprint density at radius 2 is 2.06 bits per heavy atom. The van der Waals surface area contributed by atoms with Crippen molar-refractivity contribution in [3.63, 3.8) is 0 Å². The molecule has 1 unspecified atom stereocenters. The summed E-state index contributed by atoms with van der Waals surface area (Å²) in [5.41, 5.74) is 9.16. The van der Waals surface area contributed by atoms with Crippen LogP contribution in [0.2, 0.25) is 0 Å². The van der Waals surface area contributed by atoms with Crippen LogP contribution in [0.25, 0.3) is 10.2 Å². The van der Waals surface area contributed by atoms with Gasteiger partial charge in [-0.05, 0) is 75.5 Å². The van der Waals surface area contributed by atoms with Gasteiger partial charge in [-0.3, -0.25) is 9.59 Å². The monoisotopic (exact) mass is 508 g/mol. The quantitative estimate of drug-likeness (QED) is 0.482. The Hall–Kier alpha value is -3.04. The number of nitrogens with zero attached hydrogens (tertiary/aromatic N) is 4. The number of thiazole rings is 1. The second kappa shape index (κ2) is 10.9. The van der Waals surface area contributed by atoms with E-state index >= 15 is 0 Å². The molecule has 1 fully saturated rings. The van der Waals surface area contributed by atoms with Crippen LogP contribution in [0.15, 0.2) is 30.5 Å². The Morgan fingerprint density at radius 1 is 1.28 bits per heavy atom. The number of pyridine rings is 1. The van der Waals surface area contributed by atoms with Crippen molar-refractivity contribution in [1.29, 1.82) is 0 Å². The number of rotatable bonds is 6. The normalized spacial score (nSPS) is 19.0. The number of likely N-dealkylation sites (tertiary alicyclic amines) is 1. The average Bonchev–Trinajstić information content (AvgIpc) is 3.25. The molecule has 8 nitrogen and oxygen atoms in total. The van der Waals surface area contributed by atoms with Crippen molar-refractivity contribution in [3.05, 3.63) is 46.6 Å². The Bertz CT molecular complexity index is 1260. The molecule has 3 N–H and O–H groups in total. The summed E-state index contributed by atoms with van der Waals surface area (Å²) in [5, 5.41) is 3.83. The fraction of sp³-hybridized carbons (Fsp3) is 0.481. The molecule has 3 atom stereocenters. The molecule has 0 radical (unpaired) electrons. The van der Waals surface area contributed by atoms with Crippen LogP contribution in [0.4, 0.5) is 11.5 Å². The van der Waals surface area contributed by atoms with Crippen molar-refractivity contribution in [2.24, 2.45) is 5.92 Å². The minimum Gasteiger partial charge on any atom is -0.383 e. The van der Waals surface area contributed by atoms with Gasteiger partial charge < -0.3 is 20.9 Å². The molecule has 0 bridgehead atoms. The molecule has 36 heavy (non-hydrogen) atoms. The second-order valence-electron chi connectivity index (χ2n) is 10.1. The van der Waals surface area contributed by atoms with Crippen LogP contribution in [0.5, 0.6) is 0 Å². The lowest BCUT2D eigenvalue weighted by molar-refractivity contribution is -0.146. The first-order chi connectivity index (χ1) is 17.2. The van der Waals surface area contributed by atoms with Gasteiger partial charge in [-0.25, -0.2) is 9.97 Å². The van der Waals surface area contributed by atoms with Crippen molar-refractivity contribution in [2.45, 2.75) is 58.5 Å². The van der Waals surface area contributed by atoms with E-state index in [1.165, 1.54) is 6.20 Å². The number of benzene rings is 1. The zero-order valence-corrected chi connectivity index (χ0v) is 22.6. The van der Waals surface area contributed by atoms with Gasteiger partial charge in [0.25, 0.3) is 0 Å². The molecule has 3 heterocycles. The highest BCUT2D eigenvalue weighted by Gasteiger charge is 2.34. The number of carbonyl (C=O) groups excluding carboxylic acids is 2. The number of nitrogens with one attached hydrogen (secondary N) is 1. The summed E-state index contributed by atoms with van der Waals surface area (Å²) in [5.74, 6) is -0.425. The molecule has 3 aromatic rings. The van der Waals surface area contributed by atoms with Gasteiger partial charge in [0, 0.05) is 19.0 Å². The Morgan fingerprint density at radius 3 is 2.78 bits per heavy atom. The van der Waals surface area contributed by atoms with Crippen LogP contribution in [-0.4, -0.2) is 58.3 Å². The van der Waals surface area contributed by atoms with Gasteiger partial charge >= 0.3 is 11.8 Å². The lowest BCUT2D eigenvalue weighted by atomic mass is 9.89. The second-order valence-corrected chi connectivity index (χ2v) is 11.2. The molecule has 1 aliphatic heterocycles. The minimum atomic E-state index is -0.655. The molecule has 1 aromatic carbocycles. The van der Waals surface area contributed by atoms with Gasteiger partial charge in [0.15, 0.2) is 0 Å². The predicted molar refractivity (Wildman–Crippen MR) is 146 cm³/mol. The molecular formula is C27H36N6O2S. The number of aromatic nitrogens is 2. The molecule has 2 aromatic heterocycles. The summed E-state index contributed by atoms with van der Waals surface area (Å²) < 4.78 is 1.14. The number of piperidine rings is 1. The maximum Gasteiger partial charge on any atom is 0.313 e. The predicted octanol–water partition coefficient (Wildman–Crippen LogP) is 4.27. The Labute approximate surface area is 216 Å². The molecule has 2 amide bonds. The SMILES string of the molecule is CCc1cc(NC(=O)C(=O)N2C[C@@H](C)CC[C@@H]2c2ccc3sc(CC(C)N(C)C)nc3c2)cnc1N. The van der Waals surface area contributed by atoms with Gasteiger partial charge in [0.2, 0.25) is 0 Å². The van der Waals surface area contributed by atoms with Gasteiger partial charge in [-0.2, -0.15) is 0 Å². The van der Waals surface area contributed by atoms with Gasteiger partial charge in [-0.15, -0.1) is 11.3 Å². The molecule has 4 rings (SSSR count). The maximum absolute atomic E-state index is 13.4. The smallest absolute Gasteiger partial charge is 0.313 e. The number of hydrogen-bond acceptors (Lipinski definition) is 7. The number of fused-ring (bicyclic) bond motifs is 1. The summed E-state index contributed by atoms with van der Waals surface area (Å²) in [6.45, 7) is 6.82. The highest BCUT2D eigenvalue weighted by atomic mass is 32.1. The van der Waals surface area contributed by atoms with Crippen molar-refractivity contribution < 1.29 is 9.59 Å². The molecule has 1 aliphatic rings. The van der Waals surface area contributed by atoms with E-state index in [-0.39, 0.29) is 6.04 Å². The standard InChI is InChI=1S/C27H36N6O2S/c1-6-18-12-20(14-29-25(18)28)30-26(34)27(35)33-15-16(2)7-9-22(33)19-8-10-23-21(13-19)31-24(36-23)11-17(3)32(4)5/h8,10,12-14,16-17,22H,6-7,9,11,15H2,1-5H3,(H2,28,29)(H,30,34)/t16-,17?,22+/m0/s1. The first-order valence-electron chi connectivity index (χ1n) is 12.6. The molecule has 192 valence electrons. The zero-order valence-electron chi connectivity index (χ0n) is 21.7. The summed E-state index contributed by atoms with van der Waals surface area (Å²) in [7, 11) is 4.16. The van der Waals surface area contributed by atoms with Crippen molar-refractivity contribution in [2.75, 3.05) is 31.7 Å². The first-order valence-corrected chi connectivity index (χ1v) is 13.4. The Balaban J connectivity index is 1.55. The van der Waals surface area contributed by atoms with E-state index in [1.807, 2.05) is 6.92 Å². The molecule has 0 spiro atoms. The maximum atomic E-state index is 13.4. The highest BCUT2D eigenvalue weighted by molar-refractivity contribution is 7.18. The highest BCUT2D eigenvalue weighted by Crippen LogP contribution is 2.36. The molecular weight excluding hydrogens is 472 g/mol. The molecule has 0 aliphatic carbocycles. The topological polar surface area (TPSA) is 104 Å². The van der Waals surface area contributed by atoms with E-state index in [9.17, 15) is 9.59 Å². The zero-order chi connectivity index (χ0) is 26.0. The molecule has 9 heteroatoms. The van der Waals surface area contributed by atoms with Gasteiger partial charge in [-0.1, -0.05) is 19.9 Å². The van der Waals surface area contributed by atoms with Crippen molar-refractivity contribution >= 4 is 44.9 Å². The van der Waals surface area contributed by atoms with Crippen LogP contribution in [0, 0.1) is 5.92 Å². The number of nitrogens with two attached hydrogens (primary N) is 1. The number of aryl methyl sites for hydroxylation is 1. The van der Waals surface area contributed by atoms with Gasteiger partial charge in [0.05, 0.1) is 33.2 Å². The van der Waals surface area contributed by atoms with Crippen LogP contribution in [0.3, 0.4) is 0 Å².